The molecule has 0 radical (unpaired) electrons. The normalized spacial score (nSPS) is 16.0. The van der Waals surface area contributed by atoms with Gasteiger partial charge in [-0.2, -0.15) is 0 Å². The minimum Gasteiger partial charge on any atom is -0.375 e. The molecule has 0 bridgehead atoms. The highest BCUT2D eigenvalue weighted by molar-refractivity contribution is 5.14. The largest absolute Gasteiger partial charge is 0.375 e. The van der Waals surface area contributed by atoms with Crippen LogP contribution in [0.25, 0.3) is 0 Å². The summed E-state index contributed by atoms with van der Waals surface area (Å²) < 4.78 is 0. The Morgan fingerprint density at radius 1 is 1.06 bits per heavy atom. The summed E-state index contributed by atoms with van der Waals surface area (Å²) in [5.74, 6) is 0. The Balaban J connectivity index is 0.000000686. The molecule has 0 amide bonds. The number of piperazine rings is 1. The zero-order valence-electron chi connectivity index (χ0n) is 11.1. The highest BCUT2D eigenvalue weighted by Gasteiger charge is 2.13. The van der Waals surface area contributed by atoms with Gasteiger partial charge in [-0.05, 0) is 11.8 Å². The van der Waals surface area contributed by atoms with Crippen molar-refractivity contribution in [3.63, 3.8) is 0 Å². The molecule has 1 aliphatic rings. The SMILES string of the molecule is C=CN1CCN(Cc2ccccc2)CC1.CC. The maximum Gasteiger partial charge on any atom is 0.0300 e. The molecule has 2 rings (SSSR count). The van der Waals surface area contributed by atoms with Crippen molar-refractivity contribution in [2.24, 2.45) is 0 Å². The van der Waals surface area contributed by atoms with E-state index in [-0.39, 0.29) is 0 Å². The number of rotatable bonds is 3. The molecule has 0 atom stereocenters. The standard InChI is InChI=1S/C13H18N2.C2H6/c1-2-14-8-10-15(11-9-14)12-13-6-4-3-5-7-13;1-2/h2-7H,1,8-12H2;1-2H3. The summed E-state index contributed by atoms with van der Waals surface area (Å²) >= 11 is 0. The Morgan fingerprint density at radius 3 is 2.18 bits per heavy atom. The Hall–Kier alpha value is -1.28. The van der Waals surface area contributed by atoms with Gasteiger partial charge in [0.15, 0.2) is 0 Å². The van der Waals surface area contributed by atoms with Gasteiger partial charge in [0.05, 0.1) is 0 Å². The summed E-state index contributed by atoms with van der Waals surface area (Å²) in [7, 11) is 0. The van der Waals surface area contributed by atoms with Gasteiger partial charge in [0.2, 0.25) is 0 Å². The van der Waals surface area contributed by atoms with Crippen LogP contribution in [0.4, 0.5) is 0 Å². The van der Waals surface area contributed by atoms with E-state index in [1.807, 2.05) is 20.0 Å². The topological polar surface area (TPSA) is 6.48 Å². The second-order valence-corrected chi connectivity index (χ2v) is 3.98. The fourth-order valence-corrected chi connectivity index (χ4v) is 1.95. The van der Waals surface area contributed by atoms with Crippen LogP contribution in [0.15, 0.2) is 43.1 Å². The van der Waals surface area contributed by atoms with E-state index in [0.717, 1.165) is 32.7 Å². The molecule has 1 fully saturated rings. The van der Waals surface area contributed by atoms with E-state index in [1.165, 1.54) is 5.56 Å². The van der Waals surface area contributed by atoms with E-state index in [2.05, 4.69) is 46.7 Å². The molecule has 94 valence electrons. The van der Waals surface area contributed by atoms with Gasteiger partial charge in [-0.15, -0.1) is 0 Å². The number of benzene rings is 1. The van der Waals surface area contributed by atoms with Crippen molar-refractivity contribution >= 4 is 0 Å². The van der Waals surface area contributed by atoms with Gasteiger partial charge < -0.3 is 4.90 Å². The van der Waals surface area contributed by atoms with Crippen LogP contribution < -0.4 is 0 Å². The highest BCUT2D eigenvalue weighted by atomic mass is 15.2. The third kappa shape index (κ3) is 4.61. The molecule has 1 aromatic rings. The molecule has 1 saturated heterocycles. The first-order valence-electron chi connectivity index (χ1n) is 6.51. The Morgan fingerprint density at radius 2 is 1.65 bits per heavy atom. The molecule has 1 aliphatic heterocycles. The third-order valence-electron chi connectivity index (χ3n) is 2.91. The van der Waals surface area contributed by atoms with Gasteiger partial charge in [-0.1, -0.05) is 50.8 Å². The van der Waals surface area contributed by atoms with Crippen molar-refractivity contribution in [2.45, 2.75) is 20.4 Å². The zero-order valence-corrected chi connectivity index (χ0v) is 11.1. The van der Waals surface area contributed by atoms with Crippen LogP contribution >= 0.6 is 0 Å². The van der Waals surface area contributed by atoms with Crippen LogP contribution in [0.2, 0.25) is 0 Å². The lowest BCUT2D eigenvalue weighted by Gasteiger charge is -2.33. The van der Waals surface area contributed by atoms with Crippen LogP contribution in [0.1, 0.15) is 19.4 Å². The van der Waals surface area contributed by atoms with Gasteiger partial charge in [0.1, 0.15) is 0 Å². The molecule has 0 N–H and O–H groups in total. The molecule has 17 heavy (non-hydrogen) atoms. The molecule has 0 unspecified atom stereocenters. The summed E-state index contributed by atoms with van der Waals surface area (Å²) in [6.45, 7) is 13.4. The van der Waals surface area contributed by atoms with Crippen LogP contribution in [0, 0.1) is 0 Å². The second kappa shape index (κ2) is 7.91. The van der Waals surface area contributed by atoms with Crippen LogP contribution in [-0.4, -0.2) is 36.0 Å². The summed E-state index contributed by atoms with van der Waals surface area (Å²) in [4.78, 5) is 4.77. The average Bonchev–Trinajstić information content (AvgIpc) is 2.43. The lowest BCUT2D eigenvalue weighted by atomic mass is 10.2. The molecule has 0 saturated carbocycles. The molecule has 2 heteroatoms. The van der Waals surface area contributed by atoms with Crippen molar-refractivity contribution in [3.8, 4) is 0 Å². The number of hydrogen-bond donors (Lipinski definition) is 0. The smallest absolute Gasteiger partial charge is 0.0300 e. The van der Waals surface area contributed by atoms with Gasteiger partial charge in [-0.3, -0.25) is 4.90 Å². The van der Waals surface area contributed by atoms with Gasteiger partial charge in [0.25, 0.3) is 0 Å². The lowest BCUT2D eigenvalue weighted by molar-refractivity contribution is 0.162. The second-order valence-electron chi connectivity index (χ2n) is 3.98. The Kier molecular flexibility index (Phi) is 6.41. The van der Waals surface area contributed by atoms with E-state index in [9.17, 15) is 0 Å². The van der Waals surface area contributed by atoms with E-state index < -0.39 is 0 Å². The average molecular weight is 232 g/mol. The quantitative estimate of drug-likeness (QED) is 0.790. The predicted octanol–water partition coefficient (Wildman–Crippen LogP) is 2.97. The van der Waals surface area contributed by atoms with E-state index in [0.29, 0.717) is 0 Å². The van der Waals surface area contributed by atoms with E-state index in [1.54, 1.807) is 0 Å². The van der Waals surface area contributed by atoms with E-state index in [4.69, 9.17) is 0 Å². The predicted molar refractivity (Wildman–Crippen MR) is 74.8 cm³/mol. The summed E-state index contributed by atoms with van der Waals surface area (Å²) in [5, 5.41) is 0. The first kappa shape index (κ1) is 13.8. The number of nitrogens with zero attached hydrogens (tertiary/aromatic N) is 2. The van der Waals surface area contributed by atoms with Crippen LogP contribution in [0.5, 0.6) is 0 Å². The molecule has 2 nitrogen and oxygen atoms in total. The van der Waals surface area contributed by atoms with Crippen molar-refractivity contribution in [1.82, 2.24) is 9.80 Å². The molecule has 1 heterocycles. The maximum atomic E-state index is 3.80. The minimum atomic E-state index is 1.08. The Bertz CT molecular complexity index is 300. The fourth-order valence-electron chi connectivity index (χ4n) is 1.95. The maximum absolute atomic E-state index is 3.80. The Labute approximate surface area is 106 Å². The van der Waals surface area contributed by atoms with Crippen molar-refractivity contribution in [2.75, 3.05) is 26.2 Å². The third-order valence-corrected chi connectivity index (χ3v) is 2.91. The zero-order chi connectivity index (χ0) is 12.5. The molecular formula is C15H24N2. The molecule has 1 aromatic carbocycles. The first-order chi connectivity index (χ1) is 8.38. The molecule has 0 aliphatic carbocycles. The molecule has 0 spiro atoms. The van der Waals surface area contributed by atoms with Crippen molar-refractivity contribution < 1.29 is 0 Å². The van der Waals surface area contributed by atoms with Crippen LogP contribution in [0.3, 0.4) is 0 Å². The van der Waals surface area contributed by atoms with Gasteiger partial charge in [-0.25, -0.2) is 0 Å². The summed E-state index contributed by atoms with van der Waals surface area (Å²) in [6.07, 6.45) is 1.94. The van der Waals surface area contributed by atoms with Gasteiger partial charge >= 0.3 is 0 Å². The lowest BCUT2D eigenvalue weighted by Crippen LogP contribution is -2.43. The summed E-state index contributed by atoms with van der Waals surface area (Å²) in [6, 6.07) is 10.7. The van der Waals surface area contributed by atoms with Gasteiger partial charge in [0, 0.05) is 32.7 Å². The van der Waals surface area contributed by atoms with Crippen LogP contribution in [-0.2, 0) is 6.54 Å². The van der Waals surface area contributed by atoms with Crippen molar-refractivity contribution in [3.05, 3.63) is 48.7 Å². The fraction of sp³-hybridized carbons (Fsp3) is 0.467. The van der Waals surface area contributed by atoms with Crippen molar-refractivity contribution in [1.29, 1.82) is 0 Å². The highest BCUT2D eigenvalue weighted by Crippen LogP contribution is 2.07. The monoisotopic (exact) mass is 232 g/mol. The van der Waals surface area contributed by atoms with E-state index >= 15 is 0 Å². The summed E-state index contributed by atoms with van der Waals surface area (Å²) in [5.41, 5.74) is 1.41. The first-order valence-corrected chi connectivity index (χ1v) is 6.51. The molecular weight excluding hydrogens is 208 g/mol. The number of hydrogen-bond acceptors (Lipinski definition) is 2. The minimum absolute atomic E-state index is 1.08. The molecule has 0 aromatic heterocycles.